The molecule has 0 aromatic heterocycles. The van der Waals surface area contributed by atoms with E-state index in [0.717, 1.165) is 5.56 Å². The predicted octanol–water partition coefficient (Wildman–Crippen LogP) is 1.23. The maximum absolute atomic E-state index is 13.2. The highest BCUT2D eigenvalue weighted by Gasteiger charge is 2.07. The number of rotatable bonds is 6. The van der Waals surface area contributed by atoms with Crippen LogP contribution >= 0.6 is 0 Å². The van der Waals surface area contributed by atoms with E-state index in [9.17, 15) is 12.8 Å². The fourth-order valence-corrected chi connectivity index (χ4v) is 2.39. The number of nitrogens with zero attached hydrogens (tertiary/aromatic N) is 1. The molecular formula is C14H22FN3O2S. The largest absolute Gasteiger partial charge is 0.355 e. The van der Waals surface area contributed by atoms with E-state index in [1.807, 2.05) is 0 Å². The van der Waals surface area contributed by atoms with Crippen LogP contribution in [-0.2, 0) is 16.4 Å². The van der Waals surface area contributed by atoms with Crippen LogP contribution in [0.15, 0.2) is 23.2 Å². The van der Waals surface area contributed by atoms with Gasteiger partial charge >= 0.3 is 0 Å². The fraction of sp³-hybridized carbons (Fsp3) is 0.500. The van der Waals surface area contributed by atoms with Gasteiger partial charge in [0.25, 0.3) is 0 Å². The molecule has 0 bridgehead atoms. The number of sulfone groups is 1. The minimum absolute atomic E-state index is 0.0693. The number of aryl methyl sites for hydroxylation is 1. The smallest absolute Gasteiger partial charge is 0.191 e. The van der Waals surface area contributed by atoms with Crippen molar-refractivity contribution in [3.63, 3.8) is 0 Å². The van der Waals surface area contributed by atoms with Crippen LogP contribution in [0.1, 0.15) is 18.1 Å². The van der Waals surface area contributed by atoms with Gasteiger partial charge in [-0.05, 0) is 24.1 Å². The average Bonchev–Trinajstić information content (AvgIpc) is 2.46. The fourth-order valence-electron chi connectivity index (χ4n) is 1.69. The molecular weight excluding hydrogens is 293 g/mol. The molecule has 0 atom stereocenters. The standard InChI is InChI=1S/C14H22FN3O2S/c1-4-21(19,20)8-7-17-14(16-3)18-10-12-5-6-13(15)11(2)9-12/h5-6,9H,4,7-8,10H2,1-3H3,(H2,16,17,18). The summed E-state index contributed by atoms with van der Waals surface area (Å²) in [5.74, 6) is 0.490. The van der Waals surface area contributed by atoms with Gasteiger partial charge in [0.15, 0.2) is 15.8 Å². The van der Waals surface area contributed by atoms with Gasteiger partial charge in [-0.1, -0.05) is 19.1 Å². The molecule has 1 aromatic carbocycles. The first kappa shape index (κ1) is 17.4. The minimum atomic E-state index is -2.99. The molecule has 1 aromatic rings. The third-order valence-electron chi connectivity index (χ3n) is 3.05. The molecule has 0 saturated carbocycles. The van der Waals surface area contributed by atoms with Crippen LogP contribution in [0.2, 0.25) is 0 Å². The number of hydrogen-bond donors (Lipinski definition) is 2. The van der Waals surface area contributed by atoms with E-state index in [1.54, 1.807) is 33.0 Å². The summed E-state index contributed by atoms with van der Waals surface area (Å²) in [6.07, 6.45) is 0. The molecule has 0 spiro atoms. The van der Waals surface area contributed by atoms with Crippen molar-refractivity contribution in [2.24, 2.45) is 4.99 Å². The van der Waals surface area contributed by atoms with Crippen molar-refractivity contribution in [3.05, 3.63) is 35.1 Å². The Morgan fingerprint density at radius 3 is 2.62 bits per heavy atom. The highest BCUT2D eigenvalue weighted by Crippen LogP contribution is 2.08. The molecule has 2 N–H and O–H groups in total. The van der Waals surface area contributed by atoms with Crippen LogP contribution in [0.25, 0.3) is 0 Å². The molecule has 0 aliphatic carbocycles. The summed E-state index contributed by atoms with van der Waals surface area (Å²) in [7, 11) is -1.38. The van der Waals surface area contributed by atoms with Crippen molar-refractivity contribution in [2.45, 2.75) is 20.4 Å². The van der Waals surface area contributed by atoms with Crippen molar-refractivity contribution >= 4 is 15.8 Å². The van der Waals surface area contributed by atoms with Gasteiger partial charge in [-0.2, -0.15) is 0 Å². The van der Waals surface area contributed by atoms with Gasteiger partial charge in [0.2, 0.25) is 0 Å². The van der Waals surface area contributed by atoms with E-state index in [1.165, 1.54) is 6.07 Å². The zero-order valence-corrected chi connectivity index (χ0v) is 13.4. The zero-order valence-electron chi connectivity index (χ0n) is 12.6. The minimum Gasteiger partial charge on any atom is -0.355 e. The monoisotopic (exact) mass is 315 g/mol. The molecule has 0 aliphatic rings. The number of halogens is 1. The Morgan fingerprint density at radius 1 is 1.33 bits per heavy atom. The van der Waals surface area contributed by atoms with E-state index in [2.05, 4.69) is 15.6 Å². The van der Waals surface area contributed by atoms with Gasteiger partial charge in [-0.3, -0.25) is 4.99 Å². The second-order valence-corrected chi connectivity index (χ2v) is 7.15. The highest BCUT2D eigenvalue weighted by atomic mass is 32.2. The quantitative estimate of drug-likeness (QED) is 0.612. The molecule has 0 radical (unpaired) electrons. The predicted molar refractivity (Wildman–Crippen MR) is 83.7 cm³/mol. The maximum atomic E-state index is 13.2. The summed E-state index contributed by atoms with van der Waals surface area (Å²) in [5.41, 5.74) is 1.52. The van der Waals surface area contributed by atoms with Crippen molar-refractivity contribution < 1.29 is 12.8 Å². The molecule has 118 valence electrons. The number of benzene rings is 1. The van der Waals surface area contributed by atoms with E-state index in [4.69, 9.17) is 0 Å². The third-order valence-corrected chi connectivity index (χ3v) is 4.76. The first-order valence-electron chi connectivity index (χ1n) is 6.78. The number of nitrogens with one attached hydrogen (secondary N) is 2. The molecule has 7 heteroatoms. The van der Waals surface area contributed by atoms with Crippen LogP contribution in [0.3, 0.4) is 0 Å². The van der Waals surface area contributed by atoms with Crippen LogP contribution in [0.5, 0.6) is 0 Å². The number of guanidine groups is 1. The first-order valence-corrected chi connectivity index (χ1v) is 8.60. The van der Waals surface area contributed by atoms with E-state index < -0.39 is 9.84 Å². The Labute approximate surface area is 125 Å². The van der Waals surface area contributed by atoms with Gasteiger partial charge in [0.1, 0.15) is 5.82 Å². The number of hydrogen-bond acceptors (Lipinski definition) is 3. The maximum Gasteiger partial charge on any atom is 0.191 e. The lowest BCUT2D eigenvalue weighted by Gasteiger charge is -2.12. The summed E-state index contributed by atoms with van der Waals surface area (Å²) in [6.45, 7) is 4.13. The Kier molecular flexibility index (Phi) is 6.61. The lowest BCUT2D eigenvalue weighted by Crippen LogP contribution is -2.39. The van der Waals surface area contributed by atoms with E-state index >= 15 is 0 Å². The molecule has 1 rings (SSSR count). The van der Waals surface area contributed by atoms with Crippen LogP contribution in [0, 0.1) is 12.7 Å². The average molecular weight is 315 g/mol. The molecule has 0 saturated heterocycles. The lowest BCUT2D eigenvalue weighted by molar-refractivity contribution is 0.595. The summed E-state index contributed by atoms with van der Waals surface area (Å²) in [4.78, 5) is 4.01. The normalized spacial score (nSPS) is 12.3. The summed E-state index contributed by atoms with van der Waals surface area (Å²) in [6, 6.07) is 4.89. The van der Waals surface area contributed by atoms with Crippen LogP contribution in [-0.4, -0.2) is 39.5 Å². The SMILES string of the molecule is CCS(=O)(=O)CCNC(=NC)NCc1ccc(F)c(C)c1. The Hall–Kier alpha value is -1.63. The Balaban J connectivity index is 2.46. The third kappa shape index (κ3) is 6.12. The van der Waals surface area contributed by atoms with Crippen LogP contribution < -0.4 is 10.6 Å². The summed E-state index contributed by atoms with van der Waals surface area (Å²) >= 11 is 0. The van der Waals surface area contributed by atoms with Crippen molar-refractivity contribution in [3.8, 4) is 0 Å². The summed E-state index contributed by atoms with van der Waals surface area (Å²) in [5, 5.41) is 6.00. The van der Waals surface area contributed by atoms with E-state index in [0.29, 0.717) is 24.6 Å². The molecule has 21 heavy (non-hydrogen) atoms. The van der Waals surface area contributed by atoms with Gasteiger partial charge in [0, 0.05) is 25.9 Å². The Morgan fingerprint density at radius 2 is 2.05 bits per heavy atom. The van der Waals surface area contributed by atoms with Gasteiger partial charge in [0.05, 0.1) is 5.75 Å². The molecule has 0 heterocycles. The molecule has 0 fully saturated rings. The Bertz CT molecular complexity index is 600. The van der Waals surface area contributed by atoms with Crippen molar-refractivity contribution in [2.75, 3.05) is 25.1 Å². The topological polar surface area (TPSA) is 70.6 Å². The highest BCUT2D eigenvalue weighted by molar-refractivity contribution is 7.91. The molecule has 0 aliphatic heterocycles. The molecule has 5 nitrogen and oxygen atoms in total. The molecule has 0 unspecified atom stereocenters. The van der Waals surface area contributed by atoms with Crippen molar-refractivity contribution in [1.82, 2.24) is 10.6 Å². The second kappa shape index (κ2) is 7.97. The van der Waals surface area contributed by atoms with Gasteiger partial charge in [-0.15, -0.1) is 0 Å². The molecule has 0 amide bonds. The first-order chi connectivity index (χ1) is 9.88. The van der Waals surface area contributed by atoms with Gasteiger partial charge in [-0.25, -0.2) is 12.8 Å². The number of aliphatic imine (C=N–C) groups is 1. The van der Waals surface area contributed by atoms with Crippen LogP contribution in [0.4, 0.5) is 4.39 Å². The van der Waals surface area contributed by atoms with Gasteiger partial charge < -0.3 is 10.6 Å². The second-order valence-electron chi connectivity index (χ2n) is 4.67. The zero-order chi connectivity index (χ0) is 15.9. The lowest BCUT2D eigenvalue weighted by atomic mass is 10.1. The summed E-state index contributed by atoms with van der Waals surface area (Å²) < 4.78 is 35.9. The van der Waals surface area contributed by atoms with E-state index in [-0.39, 0.29) is 17.3 Å². The van der Waals surface area contributed by atoms with Crippen molar-refractivity contribution in [1.29, 1.82) is 0 Å².